The Morgan fingerprint density at radius 1 is 1.38 bits per heavy atom. The van der Waals surface area contributed by atoms with Crippen LogP contribution < -0.4 is 0 Å². The first-order valence-electron chi connectivity index (χ1n) is 8.64. The Bertz CT molecular complexity index is 936. The average molecular weight is 380 g/mol. The zero-order valence-electron chi connectivity index (χ0n) is 15.2. The average Bonchev–Trinajstić information content (AvgIpc) is 3.17. The topological polar surface area (TPSA) is 95.7 Å². The summed E-state index contributed by atoms with van der Waals surface area (Å²) in [6.45, 7) is 3.84. The highest BCUT2D eigenvalue weighted by Gasteiger charge is 2.31. The quantitative estimate of drug-likeness (QED) is 0.813. The summed E-state index contributed by atoms with van der Waals surface area (Å²) >= 11 is 0. The predicted molar refractivity (Wildman–Crippen MR) is 97.3 cm³/mol. The summed E-state index contributed by atoms with van der Waals surface area (Å²) in [4.78, 5) is 18.2. The minimum absolute atomic E-state index is 0.201. The van der Waals surface area contributed by atoms with Crippen LogP contribution >= 0.6 is 0 Å². The molecule has 8 nitrogen and oxygen atoms in total. The van der Waals surface area contributed by atoms with Gasteiger partial charge in [0.2, 0.25) is 10.0 Å². The first-order valence-corrected chi connectivity index (χ1v) is 10.1. The summed E-state index contributed by atoms with van der Waals surface area (Å²) in [5, 5.41) is 9.37. The summed E-state index contributed by atoms with van der Waals surface area (Å²) in [7, 11) is -0.535. The van der Waals surface area contributed by atoms with E-state index in [0.717, 1.165) is 24.3 Å². The van der Waals surface area contributed by atoms with Gasteiger partial charge in [-0.2, -0.15) is 0 Å². The summed E-state index contributed by atoms with van der Waals surface area (Å²) in [5.74, 6) is -0.0453. The Hall–Kier alpha value is -1.97. The number of sulfonamides is 1. The van der Waals surface area contributed by atoms with E-state index in [1.165, 1.54) is 18.4 Å². The van der Waals surface area contributed by atoms with Crippen molar-refractivity contribution >= 4 is 27.0 Å². The van der Waals surface area contributed by atoms with Crippen LogP contribution in [0.3, 0.4) is 0 Å². The van der Waals surface area contributed by atoms with Gasteiger partial charge in [-0.15, -0.1) is 0 Å². The van der Waals surface area contributed by atoms with Crippen LogP contribution in [-0.2, 0) is 27.9 Å². The molecule has 1 atom stereocenters. The lowest BCUT2D eigenvalue weighted by molar-refractivity contribution is -0.142. The monoisotopic (exact) mass is 380 g/mol. The van der Waals surface area contributed by atoms with E-state index in [9.17, 15) is 18.3 Å². The maximum absolute atomic E-state index is 12.4. The smallest absolute Gasteiger partial charge is 0.320 e. The highest BCUT2D eigenvalue weighted by molar-refractivity contribution is 7.89. The van der Waals surface area contributed by atoms with Crippen molar-refractivity contribution in [2.75, 3.05) is 20.6 Å². The van der Waals surface area contributed by atoms with Gasteiger partial charge in [-0.05, 0) is 44.5 Å². The van der Waals surface area contributed by atoms with Crippen LogP contribution in [0.25, 0.3) is 11.0 Å². The van der Waals surface area contributed by atoms with Gasteiger partial charge in [-0.25, -0.2) is 17.7 Å². The summed E-state index contributed by atoms with van der Waals surface area (Å²) in [5.41, 5.74) is 1.46. The maximum Gasteiger partial charge on any atom is 0.320 e. The van der Waals surface area contributed by atoms with Crippen molar-refractivity contribution in [3.05, 3.63) is 24.0 Å². The second kappa shape index (κ2) is 6.98. The molecule has 0 saturated carbocycles. The van der Waals surface area contributed by atoms with Crippen LogP contribution in [0.15, 0.2) is 23.1 Å². The van der Waals surface area contributed by atoms with Crippen LogP contribution in [0.1, 0.15) is 25.6 Å². The van der Waals surface area contributed by atoms with Crippen LogP contribution in [-0.4, -0.2) is 64.9 Å². The molecule has 26 heavy (non-hydrogen) atoms. The molecule has 1 aliphatic rings. The molecular weight excluding hydrogens is 356 g/mol. The molecule has 1 fully saturated rings. The highest BCUT2D eigenvalue weighted by Crippen LogP contribution is 2.25. The van der Waals surface area contributed by atoms with Gasteiger partial charge in [0.25, 0.3) is 0 Å². The van der Waals surface area contributed by atoms with Crippen molar-refractivity contribution < 1.29 is 18.3 Å². The Morgan fingerprint density at radius 2 is 2.12 bits per heavy atom. The number of aryl methyl sites for hydroxylation is 1. The second-order valence-corrected chi connectivity index (χ2v) is 8.83. The number of carbonyl (C=O) groups is 1. The fourth-order valence-electron chi connectivity index (χ4n) is 3.48. The van der Waals surface area contributed by atoms with E-state index in [-0.39, 0.29) is 4.90 Å². The Kier molecular flexibility index (Phi) is 5.05. The van der Waals surface area contributed by atoms with Crippen molar-refractivity contribution in [3.8, 4) is 0 Å². The van der Waals surface area contributed by atoms with Gasteiger partial charge in [0.15, 0.2) is 0 Å². The number of rotatable bonds is 6. The van der Waals surface area contributed by atoms with Crippen molar-refractivity contribution in [2.45, 2.75) is 43.8 Å². The Labute approximate surface area is 153 Å². The number of benzene rings is 1. The number of carboxylic acid groups (broad SMARTS) is 1. The van der Waals surface area contributed by atoms with Crippen molar-refractivity contribution in [1.29, 1.82) is 0 Å². The Balaban J connectivity index is 2.00. The molecule has 3 rings (SSSR count). The van der Waals surface area contributed by atoms with Crippen LogP contribution in [0.5, 0.6) is 0 Å². The van der Waals surface area contributed by atoms with E-state index < -0.39 is 22.0 Å². The van der Waals surface area contributed by atoms with E-state index >= 15 is 0 Å². The highest BCUT2D eigenvalue weighted by atomic mass is 32.2. The molecule has 1 aromatic heterocycles. The van der Waals surface area contributed by atoms with Crippen molar-refractivity contribution in [3.63, 3.8) is 0 Å². The molecule has 1 saturated heterocycles. The number of carboxylic acids is 1. The second-order valence-electron chi connectivity index (χ2n) is 6.68. The van der Waals surface area contributed by atoms with Gasteiger partial charge in [0, 0.05) is 20.6 Å². The van der Waals surface area contributed by atoms with E-state index in [0.29, 0.717) is 25.0 Å². The largest absolute Gasteiger partial charge is 0.480 e. The number of aliphatic carboxylic acids is 1. The summed E-state index contributed by atoms with van der Waals surface area (Å²) < 4.78 is 27.9. The molecule has 1 N–H and O–H groups in total. The summed E-state index contributed by atoms with van der Waals surface area (Å²) in [6, 6.07) is 4.46. The lowest BCUT2D eigenvalue weighted by atomic mass is 10.2. The van der Waals surface area contributed by atoms with E-state index in [2.05, 4.69) is 4.98 Å². The molecule has 1 aromatic carbocycles. The maximum atomic E-state index is 12.4. The van der Waals surface area contributed by atoms with E-state index in [1.807, 2.05) is 16.4 Å². The number of fused-ring (bicyclic) bond motifs is 1. The van der Waals surface area contributed by atoms with E-state index in [1.54, 1.807) is 18.2 Å². The predicted octanol–water partition coefficient (Wildman–Crippen LogP) is 1.36. The lowest BCUT2D eigenvalue weighted by Crippen LogP contribution is -2.36. The van der Waals surface area contributed by atoms with Crippen LogP contribution in [0, 0.1) is 0 Å². The number of likely N-dealkylation sites (tertiary alicyclic amines) is 1. The summed E-state index contributed by atoms with van der Waals surface area (Å²) in [6.07, 6.45) is 1.50. The zero-order chi connectivity index (χ0) is 19.1. The first-order chi connectivity index (χ1) is 12.3. The number of nitrogens with zero attached hydrogens (tertiary/aromatic N) is 4. The van der Waals surface area contributed by atoms with Gasteiger partial charge in [0.1, 0.15) is 11.9 Å². The van der Waals surface area contributed by atoms with Gasteiger partial charge in [-0.3, -0.25) is 9.69 Å². The fourth-order valence-corrected chi connectivity index (χ4v) is 4.40. The molecule has 9 heteroatoms. The third-order valence-electron chi connectivity index (χ3n) is 4.89. The minimum Gasteiger partial charge on any atom is -0.480 e. The molecule has 0 bridgehead atoms. The molecule has 1 aliphatic heterocycles. The molecule has 142 valence electrons. The first kappa shape index (κ1) is 18.8. The fraction of sp³-hybridized carbons (Fsp3) is 0.529. The third kappa shape index (κ3) is 3.22. The third-order valence-corrected chi connectivity index (χ3v) is 6.70. The lowest BCUT2D eigenvalue weighted by Gasteiger charge is -2.20. The van der Waals surface area contributed by atoms with Gasteiger partial charge >= 0.3 is 5.97 Å². The van der Waals surface area contributed by atoms with E-state index in [4.69, 9.17) is 0 Å². The molecular formula is C17H24N4O4S. The molecule has 2 aromatic rings. The molecule has 0 spiro atoms. The zero-order valence-corrected chi connectivity index (χ0v) is 16.0. The van der Waals surface area contributed by atoms with Gasteiger partial charge < -0.3 is 9.67 Å². The standard InChI is InChI=1S/C17H24N4O4S/c1-4-21-14-8-7-12(26(24,25)19(2)3)10-13(14)18-16(21)11-20-9-5-6-15(20)17(22)23/h7-8,10,15H,4-6,9,11H2,1-3H3,(H,22,23). The number of aromatic nitrogens is 2. The molecule has 0 amide bonds. The normalized spacial score (nSPS) is 18.8. The van der Waals surface area contributed by atoms with Crippen LogP contribution in [0.4, 0.5) is 0 Å². The molecule has 2 heterocycles. The van der Waals surface area contributed by atoms with Crippen molar-refractivity contribution in [2.24, 2.45) is 0 Å². The molecule has 0 radical (unpaired) electrons. The van der Waals surface area contributed by atoms with Gasteiger partial charge in [-0.1, -0.05) is 0 Å². The number of hydrogen-bond acceptors (Lipinski definition) is 5. The molecule has 0 aliphatic carbocycles. The minimum atomic E-state index is -3.53. The van der Waals surface area contributed by atoms with Crippen molar-refractivity contribution in [1.82, 2.24) is 18.8 Å². The number of imidazole rings is 1. The molecule has 1 unspecified atom stereocenters. The Morgan fingerprint density at radius 3 is 2.73 bits per heavy atom. The SMILES string of the molecule is CCn1c(CN2CCCC2C(=O)O)nc2cc(S(=O)(=O)N(C)C)ccc21. The van der Waals surface area contributed by atoms with Gasteiger partial charge in [0.05, 0.1) is 22.5 Å². The van der Waals surface area contributed by atoms with Crippen LogP contribution in [0.2, 0.25) is 0 Å². The number of hydrogen-bond donors (Lipinski definition) is 1.